The molecule has 6 aromatic rings. The van der Waals surface area contributed by atoms with E-state index in [1.54, 1.807) is 15.6 Å². The number of imide groups is 1. The zero-order valence-corrected chi connectivity index (χ0v) is 35.5. The number of piperazine rings is 1. The van der Waals surface area contributed by atoms with E-state index in [1.165, 1.54) is 0 Å². The van der Waals surface area contributed by atoms with Crippen LogP contribution in [0.2, 0.25) is 0 Å². The molecule has 3 fully saturated rings. The molecule has 6 heterocycles. The number of urea groups is 1. The van der Waals surface area contributed by atoms with Crippen molar-refractivity contribution >= 4 is 51.9 Å². The number of halogens is 6. The second kappa shape index (κ2) is 19.3. The van der Waals surface area contributed by atoms with Gasteiger partial charge >= 0.3 is 18.2 Å². The number of aromatic hydroxyl groups is 1. The van der Waals surface area contributed by atoms with E-state index in [-0.39, 0.29) is 30.8 Å². The molecule has 9 rings (SSSR count). The lowest BCUT2D eigenvalue weighted by molar-refractivity contribution is -0.192. The molecule has 2 aliphatic heterocycles. The monoisotopic (exact) mass is 935 g/mol. The number of nitrogens with one attached hydrogen (secondary N) is 2. The third-order valence-electron chi connectivity index (χ3n) is 12.1. The Morgan fingerprint density at radius 1 is 0.866 bits per heavy atom. The number of aliphatic carboxylic acids is 1. The normalized spacial score (nSPS) is 18.2. The van der Waals surface area contributed by atoms with Gasteiger partial charge in [0.25, 0.3) is 5.91 Å². The molecule has 17 nitrogen and oxygen atoms in total. The SMILES string of the molecule is O=C(O)C(F)(F)F.O=C1CCN(c2cnn3cc(CCN4CCN(c5ncc(-c6ccc7cn(C8CCC(CNC(=O)c9cc(F)c(O)c(F)c9F)CC8)nc7c6)cn5)CC4)ccc23)C(=O)N1. The number of fused-ring (bicyclic) bond motifs is 2. The van der Waals surface area contributed by atoms with Gasteiger partial charge in [-0.3, -0.25) is 29.4 Å². The number of aromatic nitrogens is 6. The molecule has 0 radical (unpaired) electrons. The second-order valence-electron chi connectivity index (χ2n) is 16.5. The first kappa shape index (κ1) is 46.2. The number of amides is 4. The van der Waals surface area contributed by atoms with Gasteiger partial charge in [0.1, 0.15) is 0 Å². The van der Waals surface area contributed by atoms with Crippen molar-refractivity contribution in [3.05, 3.63) is 96.0 Å². The van der Waals surface area contributed by atoms with Gasteiger partial charge in [-0.1, -0.05) is 18.2 Å². The minimum atomic E-state index is -5.08. The van der Waals surface area contributed by atoms with E-state index < -0.39 is 52.8 Å². The molecular formula is C44H43F6N11O6. The number of pyridine rings is 1. The molecule has 2 aromatic carbocycles. The molecule has 4 aromatic heterocycles. The van der Waals surface area contributed by atoms with Crippen LogP contribution in [-0.2, 0) is 16.0 Å². The van der Waals surface area contributed by atoms with E-state index in [9.17, 15) is 45.8 Å². The van der Waals surface area contributed by atoms with Gasteiger partial charge in [-0.25, -0.2) is 32.9 Å². The van der Waals surface area contributed by atoms with Crippen molar-refractivity contribution < 1.29 is 55.7 Å². The molecule has 3 aliphatic rings. The quantitative estimate of drug-likeness (QED) is 0.0942. The van der Waals surface area contributed by atoms with Crippen molar-refractivity contribution in [1.29, 1.82) is 0 Å². The van der Waals surface area contributed by atoms with Crippen LogP contribution in [0.15, 0.2) is 67.4 Å². The molecule has 4 amide bonds. The number of hydrogen-bond donors (Lipinski definition) is 4. The smallest absolute Gasteiger partial charge is 0.490 e. The Kier molecular flexibility index (Phi) is 13.3. The number of rotatable bonds is 10. The van der Waals surface area contributed by atoms with Crippen LogP contribution in [0.3, 0.4) is 0 Å². The summed E-state index contributed by atoms with van der Waals surface area (Å²) in [5, 5.41) is 31.7. The van der Waals surface area contributed by atoms with Gasteiger partial charge in [-0.2, -0.15) is 27.8 Å². The van der Waals surface area contributed by atoms with Crippen LogP contribution in [0.5, 0.6) is 5.75 Å². The molecule has 0 spiro atoms. The Balaban J connectivity index is 0.000000807. The number of carboxylic acid groups (broad SMARTS) is 1. The van der Waals surface area contributed by atoms with Gasteiger partial charge < -0.3 is 20.4 Å². The number of nitrogens with zero attached hydrogens (tertiary/aromatic N) is 9. The third-order valence-corrected chi connectivity index (χ3v) is 12.1. The van der Waals surface area contributed by atoms with Crippen molar-refractivity contribution in [2.24, 2.45) is 5.92 Å². The summed E-state index contributed by atoms with van der Waals surface area (Å²) in [4.78, 5) is 60.9. The topological polar surface area (TPSA) is 203 Å². The summed E-state index contributed by atoms with van der Waals surface area (Å²) in [6.45, 7) is 4.84. The van der Waals surface area contributed by atoms with Gasteiger partial charge in [0.2, 0.25) is 17.7 Å². The molecule has 23 heteroatoms. The average Bonchev–Trinajstić information content (AvgIpc) is 3.95. The van der Waals surface area contributed by atoms with Crippen LogP contribution in [0.4, 0.5) is 42.8 Å². The van der Waals surface area contributed by atoms with Crippen molar-refractivity contribution in [1.82, 2.24) is 44.9 Å². The van der Waals surface area contributed by atoms with Crippen LogP contribution >= 0.6 is 0 Å². The van der Waals surface area contributed by atoms with Crippen LogP contribution in [0.25, 0.3) is 27.5 Å². The maximum atomic E-state index is 14.1. The number of alkyl halides is 3. The van der Waals surface area contributed by atoms with Crippen LogP contribution in [0.1, 0.15) is 54.1 Å². The first-order chi connectivity index (χ1) is 32.0. The van der Waals surface area contributed by atoms with Crippen molar-refractivity contribution in [2.75, 3.05) is 55.6 Å². The van der Waals surface area contributed by atoms with E-state index >= 15 is 0 Å². The third kappa shape index (κ3) is 10.4. The van der Waals surface area contributed by atoms with Gasteiger partial charge in [0, 0.05) is 88.0 Å². The molecule has 1 aliphatic carbocycles. The van der Waals surface area contributed by atoms with Gasteiger partial charge in [0.05, 0.1) is 34.5 Å². The van der Waals surface area contributed by atoms with Crippen LogP contribution in [0, 0.1) is 23.4 Å². The van der Waals surface area contributed by atoms with Gasteiger partial charge in [-0.05, 0) is 67.3 Å². The lowest BCUT2D eigenvalue weighted by atomic mass is 9.86. The zero-order chi connectivity index (χ0) is 47.6. The van der Waals surface area contributed by atoms with E-state index in [2.05, 4.69) is 31.6 Å². The molecule has 1 saturated carbocycles. The number of carboxylic acids is 1. The van der Waals surface area contributed by atoms with Crippen molar-refractivity contribution in [3.63, 3.8) is 0 Å². The number of carbonyl (C=O) groups excluding carboxylic acids is 3. The fraction of sp³-hybridized carbons (Fsp3) is 0.364. The molecule has 352 valence electrons. The Morgan fingerprint density at radius 3 is 2.27 bits per heavy atom. The highest BCUT2D eigenvalue weighted by Gasteiger charge is 2.38. The highest BCUT2D eigenvalue weighted by atomic mass is 19.4. The summed E-state index contributed by atoms with van der Waals surface area (Å²) >= 11 is 0. The summed E-state index contributed by atoms with van der Waals surface area (Å²) in [6.07, 6.45) is 8.63. The van der Waals surface area contributed by atoms with Crippen molar-refractivity contribution in [3.8, 4) is 16.9 Å². The number of hydrogen-bond acceptors (Lipinski definition) is 11. The minimum Gasteiger partial charge on any atom is -0.503 e. The molecular weight excluding hydrogens is 893 g/mol. The van der Waals surface area contributed by atoms with E-state index in [0.717, 1.165) is 97.9 Å². The number of benzene rings is 2. The minimum absolute atomic E-state index is 0.114. The summed E-state index contributed by atoms with van der Waals surface area (Å²) in [6, 6.07) is 10.4. The maximum Gasteiger partial charge on any atom is 0.490 e. The van der Waals surface area contributed by atoms with Crippen LogP contribution in [-0.4, -0.2) is 120 Å². The largest absolute Gasteiger partial charge is 0.503 e. The first-order valence-electron chi connectivity index (χ1n) is 21.3. The predicted molar refractivity (Wildman–Crippen MR) is 229 cm³/mol. The Hall–Kier alpha value is -7.30. The highest BCUT2D eigenvalue weighted by molar-refractivity contribution is 6.07. The number of anilines is 2. The summed E-state index contributed by atoms with van der Waals surface area (Å²) in [5.74, 6) is -9.36. The summed E-state index contributed by atoms with van der Waals surface area (Å²) in [5.41, 5.74) is 4.57. The standard InChI is InChI=1S/C42H42F3N11O4.C2HF3O2/c43-32-18-31(37(44)38(45)39(32)58)40(59)46-19-25-1-6-30(7-2-25)55-24-28-5-4-27(17-33(28)51-55)29-20-47-41(48-21-29)53-15-13-52(14-16-53)11-9-26-3-8-34-35(22-49-56(34)23-26)54-12-10-36(57)50-42(54)60;3-2(4,5)1(6)7/h3-5,8,17-18,20-25,30,58H,1-2,6-7,9-16,19H2,(H,46,59)(H,50,57,60);(H,6,7). The fourth-order valence-corrected chi connectivity index (χ4v) is 8.35. The Bertz CT molecular complexity index is 2820. The van der Waals surface area contributed by atoms with Crippen molar-refractivity contribution in [2.45, 2.75) is 50.7 Å². The van der Waals surface area contributed by atoms with Crippen LogP contribution < -0.4 is 20.4 Å². The van der Waals surface area contributed by atoms with E-state index in [1.807, 2.05) is 53.7 Å². The molecule has 0 atom stereocenters. The van der Waals surface area contributed by atoms with E-state index in [4.69, 9.17) is 25.0 Å². The number of phenols is 1. The lowest BCUT2D eigenvalue weighted by Gasteiger charge is -2.34. The Morgan fingerprint density at radius 2 is 1.58 bits per heavy atom. The Labute approximate surface area is 377 Å². The molecule has 2 saturated heterocycles. The second-order valence-corrected chi connectivity index (χ2v) is 16.5. The molecule has 4 N–H and O–H groups in total. The molecule has 0 unspecified atom stereocenters. The predicted octanol–water partition coefficient (Wildman–Crippen LogP) is 5.87. The maximum absolute atomic E-state index is 14.1. The molecule has 0 bridgehead atoms. The number of carbonyl (C=O) groups is 4. The zero-order valence-electron chi connectivity index (χ0n) is 35.5. The lowest BCUT2D eigenvalue weighted by Crippen LogP contribution is -2.49. The average molecular weight is 936 g/mol. The number of phenolic OH excluding ortho intramolecular Hbond substituents is 1. The summed E-state index contributed by atoms with van der Waals surface area (Å²) in [7, 11) is 0. The molecule has 67 heavy (non-hydrogen) atoms. The highest BCUT2D eigenvalue weighted by Crippen LogP contribution is 2.34. The fourth-order valence-electron chi connectivity index (χ4n) is 8.35. The first-order valence-corrected chi connectivity index (χ1v) is 21.3. The van der Waals surface area contributed by atoms with Gasteiger partial charge in [-0.15, -0.1) is 0 Å². The summed E-state index contributed by atoms with van der Waals surface area (Å²) < 4.78 is 77.1. The van der Waals surface area contributed by atoms with Gasteiger partial charge in [0.15, 0.2) is 17.4 Å². The van der Waals surface area contributed by atoms with E-state index in [0.29, 0.717) is 24.2 Å².